The van der Waals surface area contributed by atoms with Crippen molar-refractivity contribution < 1.29 is 0 Å². The maximum Gasteiger partial charge on any atom is 0.234 e. The highest BCUT2D eigenvalue weighted by molar-refractivity contribution is 6.26. The Kier molecular flexibility index (Phi) is 6.46. The van der Waals surface area contributed by atoms with Crippen molar-refractivity contribution in [3.05, 3.63) is 182 Å². The molecule has 0 spiro atoms. The van der Waals surface area contributed by atoms with Crippen molar-refractivity contribution in [3.63, 3.8) is 0 Å². The van der Waals surface area contributed by atoms with E-state index in [-0.39, 0.29) is 0 Å². The number of hydrogen-bond acceptors (Lipinski definition) is 2. The molecule has 10 aromatic rings. The summed E-state index contributed by atoms with van der Waals surface area (Å²) in [6, 6.07) is 60.3. The third-order valence-corrected chi connectivity index (χ3v) is 9.82. The van der Waals surface area contributed by atoms with Crippen LogP contribution in [0.2, 0.25) is 0 Å². The number of fused-ring (bicyclic) bond motifs is 7. The van der Waals surface area contributed by atoms with Crippen LogP contribution in [0.25, 0.3) is 88.6 Å². The van der Waals surface area contributed by atoms with E-state index in [1.165, 1.54) is 43.8 Å². The summed E-state index contributed by atoms with van der Waals surface area (Å²) in [6.07, 6.45) is 3.90. The second-order valence-corrected chi connectivity index (χ2v) is 12.7. The zero-order valence-corrected chi connectivity index (χ0v) is 27.1. The number of aromatic nitrogens is 4. The minimum absolute atomic E-state index is 0.648. The first-order valence-corrected chi connectivity index (χ1v) is 16.9. The van der Waals surface area contributed by atoms with Gasteiger partial charge in [0.15, 0.2) is 0 Å². The van der Waals surface area contributed by atoms with Crippen LogP contribution in [-0.2, 0) is 0 Å². The fraction of sp³-hybridized carbons (Fsp3) is 0. The van der Waals surface area contributed by atoms with E-state index in [1.807, 2.05) is 18.5 Å². The molecule has 0 radical (unpaired) electrons. The molecular formula is C46H30N4. The summed E-state index contributed by atoms with van der Waals surface area (Å²) in [5.74, 6) is 0.648. The normalized spacial score (nSPS) is 11.6. The first kappa shape index (κ1) is 28.3. The van der Waals surface area contributed by atoms with Crippen LogP contribution in [0.3, 0.4) is 0 Å². The van der Waals surface area contributed by atoms with Gasteiger partial charge in [-0.05, 0) is 64.2 Å². The van der Waals surface area contributed by atoms with Gasteiger partial charge in [-0.25, -0.2) is 9.97 Å². The summed E-state index contributed by atoms with van der Waals surface area (Å²) in [7, 11) is 0. The van der Waals surface area contributed by atoms with Crippen molar-refractivity contribution in [2.75, 3.05) is 0 Å². The van der Waals surface area contributed by atoms with Crippen molar-refractivity contribution in [2.24, 2.45) is 0 Å². The molecule has 0 aliphatic rings. The summed E-state index contributed by atoms with van der Waals surface area (Å²) in [5, 5.41) is 4.73. The Bertz CT molecular complexity index is 2850. The Hall–Kier alpha value is -6.78. The Morgan fingerprint density at radius 2 is 0.880 bits per heavy atom. The van der Waals surface area contributed by atoms with Gasteiger partial charge in [0, 0.05) is 45.2 Å². The molecule has 0 N–H and O–H groups in total. The summed E-state index contributed by atoms with van der Waals surface area (Å²) in [4.78, 5) is 10.1. The highest BCUT2D eigenvalue weighted by Crippen LogP contribution is 2.42. The van der Waals surface area contributed by atoms with Crippen LogP contribution in [0.4, 0.5) is 0 Å². The molecule has 0 aliphatic carbocycles. The highest BCUT2D eigenvalue weighted by atomic mass is 15.2. The Labute approximate surface area is 289 Å². The largest absolute Gasteiger partial charge is 0.309 e. The summed E-state index contributed by atoms with van der Waals surface area (Å²) in [6.45, 7) is 0. The van der Waals surface area contributed by atoms with Crippen LogP contribution in [0.15, 0.2) is 182 Å². The zero-order valence-electron chi connectivity index (χ0n) is 27.1. The van der Waals surface area contributed by atoms with E-state index < -0.39 is 0 Å². The molecule has 4 nitrogen and oxygen atoms in total. The monoisotopic (exact) mass is 638 g/mol. The van der Waals surface area contributed by atoms with Crippen molar-refractivity contribution in [2.45, 2.75) is 0 Å². The number of benzene rings is 7. The molecule has 0 saturated carbocycles. The number of para-hydroxylation sites is 2. The lowest BCUT2D eigenvalue weighted by molar-refractivity contribution is 0.992. The molecule has 3 aromatic heterocycles. The number of hydrogen-bond donors (Lipinski definition) is 0. The topological polar surface area (TPSA) is 35.6 Å². The predicted molar refractivity (Wildman–Crippen MR) is 207 cm³/mol. The van der Waals surface area contributed by atoms with Gasteiger partial charge in [-0.3, -0.25) is 4.57 Å². The van der Waals surface area contributed by atoms with Crippen molar-refractivity contribution in [1.82, 2.24) is 19.1 Å². The minimum Gasteiger partial charge on any atom is -0.309 e. The molecule has 0 bridgehead atoms. The van der Waals surface area contributed by atoms with Gasteiger partial charge < -0.3 is 4.57 Å². The van der Waals surface area contributed by atoms with E-state index in [0.717, 1.165) is 38.9 Å². The molecule has 0 atom stereocenters. The van der Waals surface area contributed by atoms with Crippen LogP contribution in [-0.4, -0.2) is 19.1 Å². The lowest BCUT2D eigenvalue weighted by Crippen LogP contribution is -2.01. The number of rotatable bonds is 5. The summed E-state index contributed by atoms with van der Waals surface area (Å²) in [5.41, 5.74) is 12.4. The highest BCUT2D eigenvalue weighted by Gasteiger charge is 2.21. The lowest BCUT2D eigenvalue weighted by atomic mass is 10.0. The molecular weight excluding hydrogens is 609 g/mol. The summed E-state index contributed by atoms with van der Waals surface area (Å²) < 4.78 is 4.64. The van der Waals surface area contributed by atoms with Gasteiger partial charge in [0.25, 0.3) is 0 Å². The average Bonchev–Trinajstić information content (AvgIpc) is 3.72. The SMILES string of the molecule is c1ccc(-c2cccc(-c3cnc(-n4c5ccccc5c5ccc6c(c7ccccc7n6-c6cccc(-c7ccccc7)c6)c54)nc3)c2)cc1. The molecule has 0 unspecified atom stereocenters. The molecule has 4 heteroatoms. The predicted octanol–water partition coefficient (Wildman–Crippen LogP) is 11.7. The summed E-state index contributed by atoms with van der Waals surface area (Å²) >= 11 is 0. The van der Waals surface area contributed by atoms with Crippen LogP contribution >= 0.6 is 0 Å². The van der Waals surface area contributed by atoms with Gasteiger partial charge in [-0.1, -0.05) is 133 Å². The third-order valence-electron chi connectivity index (χ3n) is 9.82. The van der Waals surface area contributed by atoms with E-state index in [4.69, 9.17) is 9.97 Å². The van der Waals surface area contributed by atoms with E-state index in [0.29, 0.717) is 5.95 Å². The van der Waals surface area contributed by atoms with Crippen LogP contribution < -0.4 is 0 Å². The molecule has 0 aliphatic heterocycles. The quantitative estimate of drug-likeness (QED) is 0.188. The van der Waals surface area contributed by atoms with E-state index in [2.05, 4.69) is 173 Å². The third kappa shape index (κ3) is 4.46. The van der Waals surface area contributed by atoms with Crippen molar-refractivity contribution in [1.29, 1.82) is 0 Å². The molecule has 0 amide bonds. The van der Waals surface area contributed by atoms with Gasteiger partial charge >= 0.3 is 0 Å². The maximum absolute atomic E-state index is 5.04. The molecule has 50 heavy (non-hydrogen) atoms. The van der Waals surface area contributed by atoms with Gasteiger partial charge in [-0.15, -0.1) is 0 Å². The Morgan fingerprint density at radius 1 is 0.340 bits per heavy atom. The first-order chi connectivity index (χ1) is 24.8. The van der Waals surface area contributed by atoms with Crippen LogP contribution in [0.1, 0.15) is 0 Å². The lowest BCUT2D eigenvalue weighted by Gasteiger charge is -2.11. The van der Waals surface area contributed by atoms with E-state index in [1.54, 1.807) is 0 Å². The van der Waals surface area contributed by atoms with Crippen LogP contribution in [0, 0.1) is 0 Å². The van der Waals surface area contributed by atoms with Gasteiger partial charge in [0.1, 0.15) is 0 Å². The van der Waals surface area contributed by atoms with Crippen molar-refractivity contribution in [3.8, 4) is 45.0 Å². The van der Waals surface area contributed by atoms with E-state index in [9.17, 15) is 0 Å². The Morgan fingerprint density at radius 3 is 1.58 bits per heavy atom. The molecule has 234 valence electrons. The standard InChI is InChI=1S/C46H30N4/c1-3-13-31(14-4-1)33-17-11-18-34(27-33)36-29-47-46(48-30-36)50-41-23-9-7-21-38(41)39-25-26-43-44(45(39)50)40-22-8-10-24-42(40)49(43)37-20-12-19-35(28-37)32-15-5-2-6-16-32/h1-30H. The molecule has 0 fully saturated rings. The average molecular weight is 639 g/mol. The molecule has 0 saturated heterocycles. The first-order valence-electron chi connectivity index (χ1n) is 16.9. The molecule has 3 heterocycles. The fourth-order valence-electron chi connectivity index (χ4n) is 7.54. The Balaban J connectivity index is 1.19. The van der Waals surface area contributed by atoms with Gasteiger partial charge in [-0.2, -0.15) is 0 Å². The smallest absolute Gasteiger partial charge is 0.234 e. The maximum atomic E-state index is 5.04. The number of nitrogens with zero attached hydrogens (tertiary/aromatic N) is 4. The van der Waals surface area contributed by atoms with Crippen LogP contribution in [0.5, 0.6) is 0 Å². The minimum atomic E-state index is 0.648. The van der Waals surface area contributed by atoms with Gasteiger partial charge in [0.2, 0.25) is 5.95 Å². The second-order valence-electron chi connectivity index (χ2n) is 12.7. The van der Waals surface area contributed by atoms with Gasteiger partial charge in [0.05, 0.1) is 22.1 Å². The fourth-order valence-corrected chi connectivity index (χ4v) is 7.54. The second kappa shape index (κ2) is 11.4. The van der Waals surface area contributed by atoms with Crippen molar-refractivity contribution >= 4 is 43.6 Å². The van der Waals surface area contributed by atoms with E-state index >= 15 is 0 Å². The molecule has 10 rings (SSSR count). The zero-order chi connectivity index (χ0) is 33.0. The molecule has 7 aromatic carbocycles.